The maximum absolute atomic E-state index is 11.6. The predicted molar refractivity (Wildman–Crippen MR) is 63.9 cm³/mol. The van der Waals surface area contributed by atoms with Gasteiger partial charge in [0.25, 0.3) is 0 Å². The van der Waals surface area contributed by atoms with Crippen LogP contribution in [-0.4, -0.2) is 29.7 Å². The molecule has 0 aliphatic heterocycles. The monoisotopic (exact) mass is 232 g/mol. The topological polar surface area (TPSA) is 58.2 Å². The third-order valence-electron chi connectivity index (χ3n) is 2.25. The minimum atomic E-state index is -0.549. The van der Waals surface area contributed by atoms with Crippen LogP contribution < -0.4 is 10.6 Å². The van der Waals surface area contributed by atoms with Gasteiger partial charge in [-0.15, -0.1) is 0 Å². The van der Waals surface area contributed by atoms with Crippen molar-refractivity contribution in [1.82, 2.24) is 10.6 Å². The van der Waals surface area contributed by atoms with Crippen LogP contribution in [-0.2, 0) is 9.59 Å². The number of carbonyl (C=O) groups is 2. The van der Waals surface area contributed by atoms with Gasteiger partial charge in [-0.1, -0.05) is 13.8 Å². The normalized spacial score (nSPS) is 14.5. The van der Waals surface area contributed by atoms with E-state index >= 15 is 0 Å². The predicted octanol–water partition coefficient (Wildman–Crippen LogP) is 0.582. The van der Waals surface area contributed by atoms with Gasteiger partial charge in [0.15, 0.2) is 0 Å². The van der Waals surface area contributed by atoms with Crippen LogP contribution in [0.5, 0.6) is 0 Å². The summed E-state index contributed by atoms with van der Waals surface area (Å²) in [6.07, 6.45) is 0. The van der Waals surface area contributed by atoms with Crippen LogP contribution in [0.4, 0.5) is 0 Å². The van der Waals surface area contributed by atoms with E-state index in [9.17, 15) is 9.59 Å². The lowest BCUT2D eigenvalue weighted by molar-refractivity contribution is -0.128. The van der Waals surface area contributed by atoms with Gasteiger partial charge >= 0.3 is 0 Å². The summed E-state index contributed by atoms with van der Waals surface area (Å²) in [6.45, 7) is 7.37. The molecular formula is C10H20N2O2S. The highest BCUT2D eigenvalue weighted by Gasteiger charge is 2.20. The number of nitrogens with one attached hydrogen (secondary N) is 2. The SMILES string of the molecule is CC(=O)NC(CS)C(=O)NC(C)C(C)C. The Hall–Kier alpha value is -0.710. The van der Waals surface area contributed by atoms with Gasteiger partial charge in [0.05, 0.1) is 0 Å². The second-order valence-electron chi connectivity index (χ2n) is 3.98. The van der Waals surface area contributed by atoms with E-state index in [-0.39, 0.29) is 17.9 Å². The van der Waals surface area contributed by atoms with Crippen LogP contribution in [0.2, 0.25) is 0 Å². The van der Waals surface area contributed by atoms with Gasteiger partial charge < -0.3 is 10.6 Å². The molecule has 4 nitrogen and oxygen atoms in total. The minimum Gasteiger partial charge on any atom is -0.352 e. The van der Waals surface area contributed by atoms with Crippen LogP contribution in [0.25, 0.3) is 0 Å². The summed E-state index contributed by atoms with van der Waals surface area (Å²) in [7, 11) is 0. The lowest BCUT2D eigenvalue weighted by Gasteiger charge is -2.21. The van der Waals surface area contributed by atoms with E-state index in [4.69, 9.17) is 0 Å². The second kappa shape index (κ2) is 6.71. The number of hydrogen-bond acceptors (Lipinski definition) is 3. The summed E-state index contributed by atoms with van der Waals surface area (Å²) >= 11 is 4.03. The fourth-order valence-electron chi connectivity index (χ4n) is 0.931. The van der Waals surface area contributed by atoms with E-state index in [1.165, 1.54) is 6.92 Å². The molecule has 2 atom stereocenters. The van der Waals surface area contributed by atoms with E-state index in [2.05, 4.69) is 23.3 Å². The van der Waals surface area contributed by atoms with Gasteiger partial charge in [0, 0.05) is 18.7 Å². The van der Waals surface area contributed by atoms with Crippen molar-refractivity contribution < 1.29 is 9.59 Å². The Labute approximate surface area is 96.6 Å². The number of carbonyl (C=O) groups excluding carboxylic acids is 2. The van der Waals surface area contributed by atoms with Gasteiger partial charge in [0.1, 0.15) is 6.04 Å². The number of amides is 2. The van der Waals surface area contributed by atoms with Gasteiger partial charge in [-0.25, -0.2) is 0 Å². The average Bonchev–Trinajstić information content (AvgIpc) is 2.13. The molecule has 0 aliphatic carbocycles. The zero-order chi connectivity index (χ0) is 12.0. The van der Waals surface area contributed by atoms with Crippen LogP contribution in [0.15, 0.2) is 0 Å². The lowest BCUT2D eigenvalue weighted by Crippen LogP contribution is -2.50. The first-order valence-corrected chi connectivity index (χ1v) is 5.70. The summed E-state index contributed by atoms with van der Waals surface area (Å²) < 4.78 is 0. The van der Waals surface area contributed by atoms with Gasteiger partial charge in [-0.05, 0) is 12.8 Å². The summed E-state index contributed by atoms with van der Waals surface area (Å²) in [5.74, 6) is 0.269. The first kappa shape index (κ1) is 14.3. The molecule has 15 heavy (non-hydrogen) atoms. The van der Waals surface area contributed by atoms with Crippen molar-refractivity contribution >= 4 is 24.4 Å². The van der Waals surface area contributed by atoms with Gasteiger partial charge in [-0.3, -0.25) is 9.59 Å². The summed E-state index contributed by atoms with van der Waals surface area (Å²) in [5.41, 5.74) is 0. The molecule has 0 radical (unpaired) electrons. The minimum absolute atomic E-state index is 0.0913. The molecule has 0 aromatic rings. The smallest absolute Gasteiger partial charge is 0.243 e. The highest BCUT2D eigenvalue weighted by atomic mass is 32.1. The molecule has 0 spiro atoms. The van der Waals surface area contributed by atoms with Crippen LogP contribution in [0, 0.1) is 5.92 Å². The molecule has 0 aromatic heterocycles. The average molecular weight is 232 g/mol. The fourth-order valence-corrected chi connectivity index (χ4v) is 1.19. The van der Waals surface area contributed by atoms with E-state index in [0.717, 1.165) is 0 Å². The van der Waals surface area contributed by atoms with E-state index in [0.29, 0.717) is 11.7 Å². The van der Waals surface area contributed by atoms with E-state index < -0.39 is 6.04 Å². The van der Waals surface area contributed by atoms with Crippen molar-refractivity contribution in [3.05, 3.63) is 0 Å². The zero-order valence-corrected chi connectivity index (χ0v) is 10.6. The summed E-state index contributed by atoms with van der Waals surface area (Å²) in [6, 6.07) is -0.458. The maximum atomic E-state index is 11.6. The Morgan fingerprint density at radius 1 is 1.20 bits per heavy atom. The van der Waals surface area contributed by atoms with Crippen LogP contribution in [0.1, 0.15) is 27.7 Å². The van der Waals surface area contributed by atoms with Crippen molar-refractivity contribution in [3.63, 3.8) is 0 Å². The van der Waals surface area contributed by atoms with Crippen molar-refractivity contribution in [1.29, 1.82) is 0 Å². The lowest BCUT2D eigenvalue weighted by atomic mass is 10.1. The zero-order valence-electron chi connectivity index (χ0n) is 9.70. The van der Waals surface area contributed by atoms with Crippen molar-refractivity contribution in [2.75, 3.05) is 5.75 Å². The molecule has 2 N–H and O–H groups in total. The van der Waals surface area contributed by atoms with Crippen molar-refractivity contribution in [3.8, 4) is 0 Å². The highest BCUT2D eigenvalue weighted by molar-refractivity contribution is 7.80. The Kier molecular flexibility index (Phi) is 6.40. The number of thiol groups is 1. The molecule has 0 aliphatic rings. The molecule has 0 saturated heterocycles. The fraction of sp³-hybridized carbons (Fsp3) is 0.800. The quantitative estimate of drug-likeness (QED) is 0.607. The van der Waals surface area contributed by atoms with E-state index in [1.807, 2.05) is 20.8 Å². The molecule has 0 aromatic carbocycles. The molecule has 0 saturated carbocycles. The van der Waals surface area contributed by atoms with Crippen molar-refractivity contribution in [2.45, 2.75) is 39.8 Å². The molecule has 2 amide bonds. The first-order valence-electron chi connectivity index (χ1n) is 5.06. The summed E-state index contributed by atoms with van der Waals surface area (Å²) in [5, 5.41) is 5.38. The third kappa shape index (κ3) is 5.67. The second-order valence-corrected chi connectivity index (χ2v) is 4.34. The van der Waals surface area contributed by atoms with Gasteiger partial charge in [-0.2, -0.15) is 12.6 Å². The van der Waals surface area contributed by atoms with Crippen LogP contribution in [0.3, 0.4) is 0 Å². The standard InChI is InChI=1S/C10H20N2O2S/c1-6(2)7(3)11-10(14)9(5-15)12-8(4)13/h6-7,9,15H,5H2,1-4H3,(H,11,14)(H,12,13). The highest BCUT2D eigenvalue weighted by Crippen LogP contribution is 2.00. The summed E-state index contributed by atoms with van der Waals surface area (Å²) in [4.78, 5) is 22.5. The van der Waals surface area contributed by atoms with Crippen LogP contribution >= 0.6 is 12.6 Å². The largest absolute Gasteiger partial charge is 0.352 e. The third-order valence-corrected chi connectivity index (χ3v) is 2.61. The van der Waals surface area contributed by atoms with Crippen molar-refractivity contribution in [2.24, 2.45) is 5.92 Å². The van der Waals surface area contributed by atoms with Gasteiger partial charge in [0.2, 0.25) is 11.8 Å². The van der Waals surface area contributed by atoms with E-state index in [1.54, 1.807) is 0 Å². The maximum Gasteiger partial charge on any atom is 0.243 e. The Morgan fingerprint density at radius 2 is 1.73 bits per heavy atom. The molecule has 0 bridgehead atoms. The molecule has 5 heteroatoms. The molecular weight excluding hydrogens is 212 g/mol. The first-order chi connectivity index (χ1) is 6.88. The Bertz CT molecular complexity index is 231. The molecule has 2 unspecified atom stereocenters. The number of hydrogen-bond donors (Lipinski definition) is 3. The number of rotatable bonds is 5. The Morgan fingerprint density at radius 3 is 2.07 bits per heavy atom. The molecule has 0 heterocycles. The molecule has 0 fully saturated rings. The molecule has 0 rings (SSSR count). The molecule has 88 valence electrons. The Balaban J connectivity index is 4.21.